The van der Waals surface area contributed by atoms with Crippen molar-refractivity contribution >= 4 is 23.3 Å². The van der Waals surface area contributed by atoms with Crippen LogP contribution in [0.25, 0.3) is 0 Å². The largest absolute Gasteiger partial charge is 0.416 e. The molecule has 0 radical (unpaired) electrons. The summed E-state index contributed by atoms with van der Waals surface area (Å²) in [6.07, 6.45) is -4.03. The van der Waals surface area contributed by atoms with Gasteiger partial charge in [0.2, 0.25) is 11.7 Å². The molecule has 2 aromatic rings. The molecule has 0 spiro atoms. The summed E-state index contributed by atoms with van der Waals surface area (Å²) in [6.45, 7) is 0.0543. The third-order valence-corrected chi connectivity index (χ3v) is 4.77. The predicted molar refractivity (Wildman–Crippen MR) is 100 cm³/mol. The summed E-state index contributed by atoms with van der Waals surface area (Å²) in [6, 6.07) is 13.8. The topological polar surface area (TPSA) is 66.5 Å². The van der Waals surface area contributed by atoms with Crippen molar-refractivity contribution in [2.75, 3.05) is 18.0 Å². The van der Waals surface area contributed by atoms with Crippen molar-refractivity contribution in [2.45, 2.75) is 19.0 Å². The standard InChI is InChI=1S/C21H19F3N2O3/c22-21(23,24)17-11-5-4-7-14(17)8-6-12-25-19(28)16-13-26(20(29)18(16)27)15-9-2-1-3-10-15/h1-5,7,9-11,16H,6,8,12-13H2,(H,25,28). The summed E-state index contributed by atoms with van der Waals surface area (Å²) in [4.78, 5) is 37.9. The van der Waals surface area contributed by atoms with E-state index in [1.54, 1.807) is 30.3 Å². The van der Waals surface area contributed by atoms with E-state index in [0.717, 1.165) is 6.07 Å². The van der Waals surface area contributed by atoms with Crippen molar-refractivity contribution in [3.63, 3.8) is 0 Å². The zero-order chi connectivity index (χ0) is 21.0. The Morgan fingerprint density at radius 2 is 1.69 bits per heavy atom. The van der Waals surface area contributed by atoms with Gasteiger partial charge in [0.15, 0.2) is 0 Å². The molecule has 1 fully saturated rings. The van der Waals surface area contributed by atoms with Crippen LogP contribution in [0.15, 0.2) is 54.6 Å². The second-order valence-electron chi connectivity index (χ2n) is 6.72. The van der Waals surface area contributed by atoms with Crippen LogP contribution in [0, 0.1) is 5.92 Å². The highest BCUT2D eigenvalue weighted by Crippen LogP contribution is 2.32. The number of hydrogen-bond donors (Lipinski definition) is 1. The van der Waals surface area contributed by atoms with E-state index in [4.69, 9.17) is 0 Å². The lowest BCUT2D eigenvalue weighted by atomic mass is 10.0. The summed E-state index contributed by atoms with van der Waals surface area (Å²) in [7, 11) is 0. The van der Waals surface area contributed by atoms with Crippen LogP contribution in [-0.2, 0) is 27.0 Å². The van der Waals surface area contributed by atoms with Crippen molar-refractivity contribution < 1.29 is 27.6 Å². The lowest BCUT2D eigenvalue weighted by molar-refractivity contribution is -0.139. The van der Waals surface area contributed by atoms with Gasteiger partial charge in [-0.1, -0.05) is 36.4 Å². The molecule has 0 aromatic heterocycles. The Hall–Kier alpha value is -3.16. The highest BCUT2D eigenvalue weighted by molar-refractivity contribution is 6.47. The summed E-state index contributed by atoms with van der Waals surface area (Å²) < 4.78 is 39.0. The molecule has 3 rings (SSSR count). The van der Waals surface area contributed by atoms with Crippen LogP contribution in [0.2, 0.25) is 0 Å². The monoisotopic (exact) mass is 404 g/mol. The number of anilines is 1. The van der Waals surface area contributed by atoms with Gasteiger partial charge < -0.3 is 10.2 Å². The van der Waals surface area contributed by atoms with Crippen molar-refractivity contribution in [2.24, 2.45) is 5.92 Å². The Bertz CT molecular complexity index is 913. The third kappa shape index (κ3) is 4.64. The van der Waals surface area contributed by atoms with Crippen LogP contribution in [0.4, 0.5) is 18.9 Å². The van der Waals surface area contributed by atoms with Crippen LogP contribution in [-0.4, -0.2) is 30.7 Å². The van der Waals surface area contributed by atoms with Crippen LogP contribution < -0.4 is 10.2 Å². The van der Waals surface area contributed by atoms with Gasteiger partial charge in [0, 0.05) is 18.8 Å². The average Bonchev–Trinajstić information content (AvgIpc) is 3.00. The number of Topliss-reactive ketones (excluding diaryl/α,β-unsaturated/α-hetero) is 1. The van der Waals surface area contributed by atoms with Crippen molar-refractivity contribution in [1.29, 1.82) is 0 Å². The molecule has 29 heavy (non-hydrogen) atoms. The molecular weight excluding hydrogens is 385 g/mol. The van der Waals surface area contributed by atoms with E-state index in [0.29, 0.717) is 5.69 Å². The zero-order valence-electron chi connectivity index (χ0n) is 15.4. The van der Waals surface area contributed by atoms with E-state index in [1.165, 1.54) is 23.1 Å². The minimum atomic E-state index is -4.43. The fourth-order valence-corrected chi connectivity index (χ4v) is 3.29. The molecule has 1 saturated heterocycles. The molecule has 1 aliphatic heterocycles. The van der Waals surface area contributed by atoms with Gasteiger partial charge in [-0.05, 0) is 36.6 Å². The Labute approximate surface area is 165 Å². The number of amides is 2. The summed E-state index contributed by atoms with van der Waals surface area (Å²) in [5.74, 6) is -3.24. The number of hydrogen-bond acceptors (Lipinski definition) is 3. The number of nitrogens with one attached hydrogen (secondary N) is 1. The molecule has 2 amide bonds. The number of alkyl halides is 3. The van der Waals surface area contributed by atoms with Gasteiger partial charge in [-0.25, -0.2) is 0 Å². The number of ketones is 1. The molecule has 0 saturated carbocycles. The lowest BCUT2D eigenvalue weighted by Crippen LogP contribution is -2.36. The molecule has 1 unspecified atom stereocenters. The minimum Gasteiger partial charge on any atom is -0.355 e. The molecule has 1 atom stereocenters. The summed E-state index contributed by atoms with van der Waals surface area (Å²) in [5.41, 5.74) is -0.0112. The average molecular weight is 404 g/mol. The quantitative estimate of drug-likeness (QED) is 0.457. The van der Waals surface area contributed by atoms with Crippen LogP contribution in [0.1, 0.15) is 17.5 Å². The SMILES string of the molecule is O=C(NCCCc1ccccc1C(F)(F)F)C1CN(c2ccccc2)C(=O)C1=O. The molecule has 1 N–H and O–H groups in total. The fraction of sp³-hybridized carbons (Fsp3) is 0.286. The van der Waals surface area contributed by atoms with Crippen LogP contribution in [0.3, 0.4) is 0 Å². The van der Waals surface area contributed by atoms with Gasteiger partial charge in [0.1, 0.15) is 5.92 Å². The van der Waals surface area contributed by atoms with Gasteiger partial charge in [-0.15, -0.1) is 0 Å². The van der Waals surface area contributed by atoms with Gasteiger partial charge in [0.25, 0.3) is 5.91 Å². The Morgan fingerprint density at radius 1 is 1.03 bits per heavy atom. The number of aryl methyl sites for hydroxylation is 1. The highest BCUT2D eigenvalue weighted by atomic mass is 19.4. The molecular formula is C21H19F3N2O3. The number of carbonyl (C=O) groups excluding carboxylic acids is 3. The van der Waals surface area contributed by atoms with E-state index in [1.807, 2.05) is 0 Å². The number of benzene rings is 2. The molecule has 1 aliphatic rings. The normalized spacial score (nSPS) is 16.9. The molecule has 0 bridgehead atoms. The van der Waals surface area contributed by atoms with Gasteiger partial charge in [-0.2, -0.15) is 13.2 Å². The van der Waals surface area contributed by atoms with Crippen LogP contribution in [0.5, 0.6) is 0 Å². The Balaban J connectivity index is 1.54. The van der Waals surface area contributed by atoms with Gasteiger partial charge in [-0.3, -0.25) is 14.4 Å². The molecule has 152 valence electrons. The first kappa shape index (κ1) is 20.6. The van der Waals surface area contributed by atoms with Crippen LogP contribution >= 0.6 is 0 Å². The first-order valence-electron chi connectivity index (χ1n) is 9.12. The minimum absolute atomic E-state index is 0.0512. The van der Waals surface area contributed by atoms with E-state index in [2.05, 4.69) is 5.32 Å². The maximum Gasteiger partial charge on any atom is 0.416 e. The van der Waals surface area contributed by atoms with Crippen molar-refractivity contribution in [3.05, 3.63) is 65.7 Å². The molecule has 1 heterocycles. The Kier molecular flexibility index (Phi) is 6.00. The molecule has 2 aromatic carbocycles. The number of nitrogens with zero attached hydrogens (tertiary/aromatic N) is 1. The zero-order valence-corrected chi connectivity index (χ0v) is 15.4. The van der Waals surface area contributed by atoms with Crippen molar-refractivity contribution in [3.8, 4) is 0 Å². The Morgan fingerprint density at radius 3 is 2.38 bits per heavy atom. The summed E-state index contributed by atoms with van der Waals surface area (Å²) in [5, 5.41) is 2.56. The van der Waals surface area contributed by atoms with E-state index in [-0.39, 0.29) is 31.5 Å². The molecule has 0 aliphatic carbocycles. The second kappa shape index (κ2) is 8.46. The highest BCUT2D eigenvalue weighted by Gasteiger charge is 2.43. The van der Waals surface area contributed by atoms with Crippen molar-refractivity contribution in [1.82, 2.24) is 5.32 Å². The smallest absolute Gasteiger partial charge is 0.355 e. The van der Waals surface area contributed by atoms with E-state index >= 15 is 0 Å². The number of carbonyl (C=O) groups is 3. The lowest BCUT2D eigenvalue weighted by Gasteiger charge is -2.15. The number of para-hydroxylation sites is 1. The maximum absolute atomic E-state index is 13.0. The summed E-state index contributed by atoms with van der Waals surface area (Å²) >= 11 is 0. The molecule has 8 heteroatoms. The third-order valence-electron chi connectivity index (χ3n) is 4.77. The second-order valence-corrected chi connectivity index (χ2v) is 6.72. The van der Waals surface area contributed by atoms with Gasteiger partial charge >= 0.3 is 6.18 Å². The first-order chi connectivity index (χ1) is 13.8. The number of rotatable bonds is 6. The van der Waals surface area contributed by atoms with E-state index in [9.17, 15) is 27.6 Å². The predicted octanol–water partition coefficient (Wildman–Crippen LogP) is 2.99. The number of halogens is 3. The molecule has 5 nitrogen and oxygen atoms in total. The van der Waals surface area contributed by atoms with Gasteiger partial charge in [0.05, 0.1) is 5.56 Å². The van der Waals surface area contributed by atoms with E-state index < -0.39 is 35.3 Å². The maximum atomic E-state index is 13.0. The fourth-order valence-electron chi connectivity index (χ4n) is 3.29. The first-order valence-corrected chi connectivity index (χ1v) is 9.12.